The van der Waals surface area contributed by atoms with E-state index >= 15 is 0 Å². The molecule has 1 heterocycles. The first-order chi connectivity index (χ1) is 12.5. The van der Waals surface area contributed by atoms with Crippen molar-refractivity contribution in [2.24, 2.45) is 17.3 Å². The fraction of sp³-hybridized carbons (Fsp3) is 0.0588. The number of amides is 1. The maximum absolute atomic E-state index is 12.3. The first kappa shape index (κ1) is 17.0. The van der Waals surface area contributed by atoms with Gasteiger partial charge in [-0.2, -0.15) is 15.3 Å². The van der Waals surface area contributed by atoms with Crippen molar-refractivity contribution in [1.29, 1.82) is 0 Å². The molecule has 9 heteroatoms. The van der Waals surface area contributed by atoms with Crippen LogP contribution in [0.25, 0.3) is 0 Å². The van der Waals surface area contributed by atoms with Crippen LogP contribution in [0.1, 0.15) is 10.5 Å². The molecule has 130 valence electrons. The van der Waals surface area contributed by atoms with Crippen LogP contribution in [0.2, 0.25) is 0 Å². The van der Waals surface area contributed by atoms with E-state index in [4.69, 9.17) is 0 Å². The van der Waals surface area contributed by atoms with Crippen molar-refractivity contribution in [3.63, 3.8) is 0 Å². The van der Waals surface area contributed by atoms with Gasteiger partial charge in [0.1, 0.15) is 6.20 Å². The summed E-state index contributed by atoms with van der Waals surface area (Å²) in [7, 11) is 1.47. The summed E-state index contributed by atoms with van der Waals surface area (Å²) in [6, 6.07) is 15.9. The van der Waals surface area contributed by atoms with Crippen LogP contribution in [0.15, 0.2) is 71.0 Å². The maximum Gasteiger partial charge on any atom is 0.320 e. The van der Waals surface area contributed by atoms with Gasteiger partial charge in [-0.25, -0.2) is 0 Å². The number of hydrogen-bond donors (Lipinski definition) is 1. The Bertz CT molecular complexity index is 964. The molecule has 1 N–H and O–H groups in total. The van der Waals surface area contributed by atoms with Gasteiger partial charge in [-0.1, -0.05) is 18.2 Å². The lowest BCUT2D eigenvalue weighted by molar-refractivity contribution is -0.385. The van der Waals surface area contributed by atoms with Crippen LogP contribution in [0.3, 0.4) is 0 Å². The van der Waals surface area contributed by atoms with E-state index in [1.54, 1.807) is 24.3 Å². The molecule has 0 spiro atoms. The quantitative estimate of drug-likeness (QED) is 0.425. The van der Waals surface area contributed by atoms with Crippen molar-refractivity contribution in [2.45, 2.75) is 0 Å². The third-order valence-corrected chi connectivity index (χ3v) is 3.49. The fourth-order valence-electron chi connectivity index (χ4n) is 2.23. The van der Waals surface area contributed by atoms with Gasteiger partial charge >= 0.3 is 5.69 Å². The average Bonchev–Trinajstić information content (AvgIpc) is 3.04. The average molecular weight is 350 g/mol. The zero-order chi connectivity index (χ0) is 18.5. The van der Waals surface area contributed by atoms with Crippen molar-refractivity contribution in [3.05, 3.63) is 76.6 Å². The number of nitrogens with one attached hydrogen (secondary N) is 1. The summed E-state index contributed by atoms with van der Waals surface area (Å²) in [5.41, 5.74) is 1.34. The van der Waals surface area contributed by atoms with Crippen molar-refractivity contribution in [2.75, 3.05) is 5.32 Å². The van der Waals surface area contributed by atoms with E-state index in [9.17, 15) is 14.9 Å². The molecular weight excluding hydrogens is 336 g/mol. The van der Waals surface area contributed by atoms with Gasteiger partial charge in [-0.3, -0.25) is 19.6 Å². The summed E-state index contributed by atoms with van der Waals surface area (Å²) in [6.45, 7) is 0. The Labute approximate surface area is 148 Å². The van der Waals surface area contributed by atoms with Crippen LogP contribution < -0.4 is 5.32 Å². The highest BCUT2D eigenvalue weighted by atomic mass is 16.6. The van der Waals surface area contributed by atoms with Crippen molar-refractivity contribution >= 4 is 28.7 Å². The van der Waals surface area contributed by atoms with Gasteiger partial charge in [0.25, 0.3) is 5.91 Å². The van der Waals surface area contributed by atoms with Crippen molar-refractivity contribution in [3.8, 4) is 0 Å². The summed E-state index contributed by atoms with van der Waals surface area (Å²) in [4.78, 5) is 22.6. The second-order valence-corrected chi connectivity index (χ2v) is 5.30. The summed E-state index contributed by atoms with van der Waals surface area (Å²) < 4.78 is 1.16. The number of hydrogen-bond acceptors (Lipinski definition) is 6. The van der Waals surface area contributed by atoms with Crippen molar-refractivity contribution < 1.29 is 9.72 Å². The highest BCUT2D eigenvalue weighted by Crippen LogP contribution is 2.22. The Balaban J connectivity index is 1.72. The van der Waals surface area contributed by atoms with E-state index in [1.807, 2.05) is 30.3 Å². The number of nitro groups is 1. The SMILES string of the molecule is Cn1ncc([N+](=O)[O-])c1C(=O)Nc1ccc(N=Nc2ccccc2)cc1. The molecule has 3 rings (SSSR count). The Kier molecular flexibility index (Phi) is 4.79. The zero-order valence-corrected chi connectivity index (χ0v) is 13.7. The van der Waals surface area contributed by atoms with E-state index in [1.165, 1.54) is 7.05 Å². The van der Waals surface area contributed by atoms with Crippen LogP contribution >= 0.6 is 0 Å². The molecule has 1 amide bonds. The number of benzene rings is 2. The number of aromatic nitrogens is 2. The van der Waals surface area contributed by atoms with Gasteiger partial charge < -0.3 is 5.32 Å². The monoisotopic (exact) mass is 350 g/mol. The van der Waals surface area contributed by atoms with Crippen molar-refractivity contribution in [1.82, 2.24) is 9.78 Å². The molecule has 0 saturated carbocycles. The predicted octanol–water partition coefficient (Wildman–Crippen LogP) is 4.00. The van der Waals surface area contributed by atoms with Gasteiger partial charge in [0, 0.05) is 12.7 Å². The molecule has 0 aliphatic rings. The van der Waals surface area contributed by atoms with Crippen LogP contribution in [-0.4, -0.2) is 20.6 Å². The number of rotatable bonds is 5. The highest BCUT2D eigenvalue weighted by Gasteiger charge is 2.25. The molecule has 3 aromatic rings. The first-order valence-electron chi connectivity index (χ1n) is 7.59. The smallest absolute Gasteiger partial charge is 0.320 e. The number of azo groups is 1. The van der Waals surface area contributed by atoms with Crippen LogP contribution in [0.5, 0.6) is 0 Å². The number of carbonyl (C=O) groups is 1. The molecule has 26 heavy (non-hydrogen) atoms. The summed E-state index contributed by atoms with van der Waals surface area (Å²) in [5.74, 6) is -0.615. The fourth-order valence-corrected chi connectivity index (χ4v) is 2.23. The molecule has 0 aliphatic carbocycles. The largest absolute Gasteiger partial charge is 0.320 e. The first-order valence-corrected chi connectivity index (χ1v) is 7.59. The summed E-state index contributed by atoms with van der Waals surface area (Å²) in [6.07, 6.45) is 1.04. The van der Waals surface area contributed by atoms with E-state index in [2.05, 4.69) is 20.6 Å². The molecule has 0 aliphatic heterocycles. The van der Waals surface area contributed by atoms with E-state index in [0.717, 1.165) is 16.6 Å². The Hall–Kier alpha value is -3.88. The topological polar surface area (TPSA) is 115 Å². The lowest BCUT2D eigenvalue weighted by Gasteiger charge is -2.05. The highest BCUT2D eigenvalue weighted by molar-refractivity contribution is 6.05. The van der Waals surface area contributed by atoms with Gasteiger partial charge in [0.2, 0.25) is 5.69 Å². The number of anilines is 1. The third-order valence-electron chi connectivity index (χ3n) is 3.49. The Morgan fingerprint density at radius 3 is 2.31 bits per heavy atom. The van der Waals surface area contributed by atoms with E-state index < -0.39 is 10.8 Å². The van der Waals surface area contributed by atoms with Gasteiger partial charge in [-0.05, 0) is 36.4 Å². The van der Waals surface area contributed by atoms with E-state index in [0.29, 0.717) is 11.4 Å². The van der Waals surface area contributed by atoms with Gasteiger partial charge in [0.15, 0.2) is 0 Å². The lowest BCUT2D eigenvalue weighted by atomic mass is 10.2. The molecular formula is C17H14N6O3. The van der Waals surface area contributed by atoms with Crippen LogP contribution in [0, 0.1) is 10.1 Å². The molecule has 0 atom stereocenters. The molecule has 1 aromatic heterocycles. The number of carbonyl (C=O) groups excluding carboxylic acids is 1. The number of aryl methyl sites for hydroxylation is 1. The molecule has 0 fully saturated rings. The maximum atomic E-state index is 12.3. The van der Waals surface area contributed by atoms with Gasteiger partial charge in [-0.15, -0.1) is 0 Å². The molecule has 0 radical (unpaired) electrons. The molecule has 2 aromatic carbocycles. The minimum Gasteiger partial charge on any atom is -0.320 e. The Morgan fingerprint density at radius 2 is 1.69 bits per heavy atom. The lowest BCUT2D eigenvalue weighted by Crippen LogP contribution is -2.17. The molecule has 0 bridgehead atoms. The standard InChI is InChI=1S/C17H14N6O3/c1-22-16(15(11-18-22)23(25)26)17(24)19-12-7-9-14(10-8-12)21-20-13-5-3-2-4-6-13/h2-11H,1H3,(H,19,24). The minimum absolute atomic E-state index is 0.122. The third kappa shape index (κ3) is 3.78. The van der Waals surface area contributed by atoms with Crippen LogP contribution in [0.4, 0.5) is 22.7 Å². The second-order valence-electron chi connectivity index (χ2n) is 5.30. The molecule has 0 saturated heterocycles. The van der Waals surface area contributed by atoms with E-state index in [-0.39, 0.29) is 11.4 Å². The molecule has 9 nitrogen and oxygen atoms in total. The normalized spacial score (nSPS) is 10.8. The summed E-state index contributed by atoms with van der Waals surface area (Å²) >= 11 is 0. The predicted molar refractivity (Wildman–Crippen MR) is 94.9 cm³/mol. The second kappa shape index (κ2) is 7.34. The Morgan fingerprint density at radius 1 is 1.08 bits per heavy atom. The van der Waals surface area contributed by atoms with Gasteiger partial charge in [0.05, 0.1) is 16.3 Å². The van der Waals surface area contributed by atoms with Crippen LogP contribution in [-0.2, 0) is 7.05 Å². The molecule has 0 unspecified atom stereocenters. The number of nitrogens with zero attached hydrogens (tertiary/aromatic N) is 5. The summed E-state index contributed by atoms with van der Waals surface area (Å²) in [5, 5.41) is 25.5. The minimum atomic E-state index is -0.644. The zero-order valence-electron chi connectivity index (χ0n) is 13.7.